The second-order valence-electron chi connectivity index (χ2n) is 6.67. The number of para-hydroxylation sites is 1. The van der Waals surface area contributed by atoms with E-state index in [0.717, 1.165) is 16.7 Å². The molecule has 2 saturated heterocycles. The number of anilines is 1. The van der Waals surface area contributed by atoms with E-state index >= 15 is 0 Å². The van der Waals surface area contributed by atoms with Gasteiger partial charge in [0.2, 0.25) is 5.91 Å². The molecule has 1 aromatic carbocycles. The number of pyridine rings is 1. The quantitative estimate of drug-likeness (QED) is 0.902. The van der Waals surface area contributed by atoms with Crippen molar-refractivity contribution in [3.63, 3.8) is 0 Å². The number of nitrogens with zero attached hydrogens (tertiary/aromatic N) is 3. The van der Waals surface area contributed by atoms with Gasteiger partial charge in [-0.3, -0.25) is 10.1 Å². The van der Waals surface area contributed by atoms with Crippen molar-refractivity contribution in [2.75, 3.05) is 37.6 Å². The van der Waals surface area contributed by atoms with Crippen LogP contribution in [0.25, 0.3) is 10.9 Å². The lowest BCUT2D eigenvalue weighted by Crippen LogP contribution is -2.53. The van der Waals surface area contributed by atoms with E-state index in [1.54, 1.807) is 4.90 Å². The molecule has 4 rings (SSSR count). The SMILES string of the molecule is O=C(C1CC(F)(F)CN1)N1CCN(c2ccc3ccccc3n2)CC1. The number of alkyl halides is 2. The Morgan fingerprint density at radius 3 is 2.60 bits per heavy atom. The van der Waals surface area contributed by atoms with Gasteiger partial charge in [-0.1, -0.05) is 18.2 Å². The maximum Gasteiger partial charge on any atom is 0.262 e. The first-order chi connectivity index (χ1) is 12.0. The highest BCUT2D eigenvalue weighted by molar-refractivity contribution is 5.83. The smallest absolute Gasteiger partial charge is 0.262 e. The van der Waals surface area contributed by atoms with Gasteiger partial charge in [0, 0.05) is 38.0 Å². The van der Waals surface area contributed by atoms with Gasteiger partial charge in [-0.2, -0.15) is 0 Å². The lowest BCUT2D eigenvalue weighted by atomic mass is 10.1. The fourth-order valence-corrected chi connectivity index (χ4v) is 3.50. The summed E-state index contributed by atoms with van der Waals surface area (Å²) in [5.41, 5.74) is 0.941. The molecule has 1 aromatic heterocycles. The van der Waals surface area contributed by atoms with Crippen molar-refractivity contribution in [3.8, 4) is 0 Å². The van der Waals surface area contributed by atoms with E-state index in [4.69, 9.17) is 0 Å². The Hall–Kier alpha value is -2.28. The zero-order chi connectivity index (χ0) is 17.4. The van der Waals surface area contributed by atoms with Crippen LogP contribution in [-0.4, -0.2) is 60.5 Å². The third-order valence-corrected chi connectivity index (χ3v) is 4.91. The number of carbonyl (C=O) groups is 1. The third-order valence-electron chi connectivity index (χ3n) is 4.91. The molecule has 25 heavy (non-hydrogen) atoms. The van der Waals surface area contributed by atoms with Crippen molar-refractivity contribution < 1.29 is 13.6 Å². The van der Waals surface area contributed by atoms with Crippen molar-refractivity contribution in [3.05, 3.63) is 36.4 Å². The molecular formula is C18H20F2N4O. The van der Waals surface area contributed by atoms with E-state index in [2.05, 4.69) is 15.2 Å². The van der Waals surface area contributed by atoms with Crippen LogP contribution in [0.2, 0.25) is 0 Å². The molecule has 1 amide bonds. The van der Waals surface area contributed by atoms with Crippen LogP contribution in [0.5, 0.6) is 0 Å². The molecule has 1 N–H and O–H groups in total. The average Bonchev–Trinajstić information content (AvgIpc) is 3.01. The van der Waals surface area contributed by atoms with Gasteiger partial charge < -0.3 is 9.80 Å². The highest BCUT2D eigenvalue weighted by Gasteiger charge is 2.43. The molecule has 0 radical (unpaired) electrons. The maximum atomic E-state index is 13.3. The van der Waals surface area contributed by atoms with E-state index in [-0.39, 0.29) is 5.91 Å². The molecule has 5 nitrogen and oxygen atoms in total. The summed E-state index contributed by atoms with van der Waals surface area (Å²) in [6, 6.07) is 11.2. The van der Waals surface area contributed by atoms with Gasteiger partial charge in [-0.25, -0.2) is 13.8 Å². The molecule has 2 aliphatic heterocycles. The minimum Gasteiger partial charge on any atom is -0.353 e. The number of fused-ring (bicyclic) bond motifs is 1. The van der Waals surface area contributed by atoms with Gasteiger partial charge in [0.15, 0.2) is 0 Å². The normalized spacial score (nSPS) is 23.2. The monoisotopic (exact) mass is 346 g/mol. The molecule has 2 aliphatic rings. The highest BCUT2D eigenvalue weighted by Crippen LogP contribution is 2.26. The number of carbonyl (C=O) groups excluding carboxylic acids is 1. The molecule has 1 atom stereocenters. The Bertz CT molecular complexity index is 789. The fraction of sp³-hybridized carbons (Fsp3) is 0.444. The number of halogens is 2. The summed E-state index contributed by atoms with van der Waals surface area (Å²) < 4.78 is 26.6. The van der Waals surface area contributed by atoms with Gasteiger partial charge in [-0.05, 0) is 18.2 Å². The van der Waals surface area contributed by atoms with Gasteiger partial charge in [0.25, 0.3) is 5.92 Å². The number of benzene rings is 1. The fourth-order valence-electron chi connectivity index (χ4n) is 3.50. The summed E-state index contributed by atoms with van der Waals surface area (Å²) in [6.45, 7) is 1.94. The molecule has 1 unspecified atom stereocenters. The molecule has 0 aliphatic carbocycles. The molecule has 0 spiro atoms. The van der Waals surface area contributed by atoms with Gasteiger partial charge in [0.05, 0.1) is 18.1 Å². The first-order valence-corrected chi connectivity index (χ1v) is 8.53. The van der Waals surface area contributed by atoms with Crippen LogP contribution in [0, 0.1) is 0 Å². The third kappa shape index (κ3) is 3.28. The van der Waals surface area contributed by atoms with E-state index in [1.165, 1.54) is 0 Å². The van der Waals surface area contributed by atoms with Crippen LogP contribution in [0.4, 0.5) is 14.6 Å². The minimum atomic E-state index is -2.78. The molecular weight excluding hydrogens is 326 g/mol. The van der Waals surface area contributed by atoms with Crippen molar-refractivity contribution >= 4 is 22.6 Å². The zero-order valence-electron chi connectivity index (χ0n) is 13.8. The summed E-state index contributed by atoms with van der Waals surface area (Å²) >= 11 is 0. The molecule has 2 aromatic rings. The zero-order valence-corrected chi connectivity index (χ0v) is 13.8. The van der Waals surface area contributed by atoms with Crippen molar-refractivity contribution in [2.45, 2.75) is 18.4 Å². The minimum absolute atomic E-state index is 0.219. The predicted octanol–water partition coefficient (Wildman–Crippen LogP) is 1.88. The standard InChI is InChI=1S/C18H20F2N4O/c19-18(20)11-15(21-12-18)17(25)24-9-7-23(8-10-24)16-6-5-13-3-1-2-4-14(13)22-16/h1-6,15,21H,7-12H2. The van der Waals surface area contributed by atoms with Crippen molar-refractivity contribution in [1.82, 2.24) is 15.2 Å². The molecule has 2 fully saturated rings. The second kappa shape index (κ2) is 6.22. The van der Waals surface area contributed by atoms with E-state index in [9.17, 15) is 13.6 Å². The first-order valence-electron chi connectivity index (χ1n) is 8.53. The van der Waals surface area contributed by atoms with E-state index in [0.29, 0.717) is 26.2 Å². The average molecular weight is 346 g/mol. The Kier molecular flexibility index (Phi) is 4.03. The van der Waals surface area contributed by atoms with Gasteiger partial charge in [0.1, 0.15) is 5.82 Å². The summed E-state index contributed by atoms with van der Waals surface area (Å²) in [5.74, 6) is -2.11. The Balaban J connectivity index is 1.40. The first kappa shape index (κ1) is 16.2. The van der Waals surface area contributed by atoms with Crippen LogP contribution >= 0.6 is 0 Å². The van der Waals surface area contributed by atoms with E-state index < -0.39 is 24.9 Å². The van der Waals surface area contributed by atoms with Crippen LogP contribution < -0.4 is 10.2 Å². The number of piperazine rings is 1. The van der Waals surface area contributed by atoms with Crippen LogP contribution in [0.1, 0.15) is 6.42 Å². The molecule has 132 valence electrons. The largest absolute Gasteiger partial charge is 0.353 e. The number of amides is 1. The molecule has 0 bridgehead atoms. The van der Waals surface area contributed by atoms with Gasteiger partial charge >= 0.3 is 0 Å². The summed E-state index contributed by atoms with van der Waals surface area (Å²) in [5, 5.41) is 3.73. The van der Waals surface area contributed by atoms with Crippen LogP contribution in [-0.2, 0) is 4.79 Å². The number of hydrogen-bond acceptors (Lipinski definition) is 4. The molecule has 3 heterocycles. The van der Waals surface area contributed by atoms with Crippen LogP contribution in [0.15, 0.2) is 36.4 Å². The lowest BCUT2D eigenvalue weighted by molar-refractivity contribution is -0.134. The highest BCUT2D eigenvalue weighted by atomic mass is 19.3. The number of rotatable bonds is 2. The predicted molar refractivity (Wildman–Crippen MR) is 91.9 cm³/mol. The van der Waals surface area contributed by atoms with Crippen molar-refractivity contribution in [2.24, 2.45) is 0 Å². The second-order valence-corrected chi connectivity index (χ2v) is 6.67. The number of aromatic nitrogens is 1. The topological polar surface area (TPSA) is 48.5 Å². The van der Waals surface area contributed by atoms with Gasteiger partial charge in [-0.15, -0.1) is 0 Å². The summed E-state index contributed by atoms with van der Waals surface area (Å²) in [7, 11) is 0. The maximum absolute atomic E-state index is 13.3. The van der Waals surface area contributed by atoms with Crippen molar-refractivity contribution in [1.29, 1.82) is 0 Å². The van der Waals surface area contributed by atoms with Crippen LogP contribution in [0.3, 0.4) is 0 Å². The Labute approximate surface area is 144 Å². The Morgan fingerprint density at radius 2 is 1.88 bits per heavy atom. The summed E-state index contributed by atoms with van der Waals surface area (Å²) in [4.78, 5) is 20.9. The Morgan fingerprint density at radius 1 is 1.12 bits per heavy atom. The number of hydrogen-bond donors (Lipinski definition) is 1. The number of nitrogens with one attached hydrogen (secondary N) is 1. The summed E-state index contributed by atoms with van der Waals surface area (Å²) in [6.07, 6.45) is -0.404. The molecule has 0 saturated carbocycles. The molecule has 7 heteroatoms. The van der Waals surface area contributed by atoms with E-state index in [1.807, 2.05) is 36.4 Å². The lowest BCUT2D eigenvalue weighted by Gasteiger charge is -2.36.